The van der Waals surface area contributed by atoms with E-state index < -0.39 is 0 Å². The molecule has 1 unspecified atom stereocenters. The molecule has 128 valence electrons. The van der Waals surface area contributed by atoms with E-state index in [4.69, 9.17) is 20.4 Å². The summed E-state index contributed by atoms with van der Waals surface area (Å²) in [5.74, 6) is 1.92. The first-order valence-corrected chi connectivity index (χ1v) is 8.83. The van der Waals surface area contributed by atoms with Gasteiger partial charge in [-0.05, 0) is 36.2 Å². The molecule has 0 saturated heterocycles. The molecule has 0 bridgehead atoms. The lowest BCUT2D eigenvalue weighted by molar-refractivity contribution is 0.483. The predicted octanol–water partition coefficient (Wildman–Crippen LogP) is 6.09. The van der Waals surface area contributed by atoms with Gasteiger partial charge in [0, 0.05) is 22.9 Å². The molecule has 25 heavy (non-hydrogen) atoms. The Balaban J connectivity index is 1.60. The van der Waals surface area contributed by atoms with Crippen molar-refractivity contribution in [3.63, 3.8) is 0 Å². The van der Waals surface area contributed by atoms with Gasteiger partial charge in [0.25, 0.3) is 0 Å². The van der Waals surface area contributed by atoms with Crippen molar-refractivity contribution in [3.8, 4) is 0 Å². The van der Waals surface area contributed by atoms with Crippen LogP contribution in [0.1, 0.15) is 50.0 Å². The van der Waals surface area contributed by atoms with Crippen LogP contribution >= 0.6 is 11.6 Å². The molecule has 0 aliphatic heterocycles. The summed E-state index contributed by atoms with van der Waals surface area (Å²) in [6.45, 7) is 6.26. The monoisotopic (exact) mass is 354 g/mol. The van der Waals surface area contributed by atoms with E-state index in [1.165, 1.54) is 5.56 Å². The number of rotatable bonds is 4. The summed E-state index contributed by atoms with van der Waals surface area (Å²) in [6.07, 6.45) is 0.814. The van der Waals surface area contributed by atoms with E-state index in [-0.39, 0.29) is 11.8 Å². The third kappa shape index (κ3) is 3.14. The maximum Gasteiger partial charge on any atom is 0.198 e. The van der Waals surface area contributed by atoms with Gasteiger partial charge in [-0.2, -0.15) is 0 Å². The average molecular weight is 355 g/mol. The second-order valence-corrected chi connectivity index (χ2v) is 7.21. The summed E-state index contributed by atoms with van der Waals surface area (Å²) in [6, 6.07) is 11.7. The van der Waals surface area contributed by atoms with Crippen molar-refractivity contribution in [2.24, 2.45) is 0 Å². The zero-order valence-electron chi connectivity index (χ0n) is 14.4. The van der Waals surface area contributed by atoms with Crippen molar-refractivity contribution in [2.45, 2.75) is 39.0 Å². The quantitative estimate of drug-likeness (QED) is 0.444. The van der Waals surface area contributed by atoms with E-state index in [1.807, 2.05) is 18.2 Å². The maximum atomic E-state index is 6.01. The molecule has 1 atom stereocenters. The van der Waals surface area contributed by atoms with Gasteiger partial charge in [0.15, 0.2) is 22.9 Å². The molecule has 0 spiro atoms. The van der Waals surface area contributed by atoms with E-state index in [0.29, 0.717) is 5.02 Å². The van der Waals surface area contributed by atoms with E-state index in [1.54, 1.807) is 6.07 Å². The Hall–Kier alpha value is -2.33. The van der Waals surface area contributed by atoms with Crippen molar-refractivity contribution >= 4 is 33.8 Å². The normalized spacial score (nSPS) is 13.2. The standard InChI is InChI=1S/C20H19ClN2O2/c1-11(2)19-22-15-6-4-13(9-17(15)24-19)8-12(3)20-23-16-7-5-14(21)10-18(16)25-20/h4-7,9-12H,8H2,1-3H3. The molecule has 0 N–H and O–H groups in total. The van der Waals surface area contributed by atoms with Crippen molar-refractivity contribution in [1.82, 2.24) is 9.97 Å². The zero-order chi connectivity index (χ0) is 17.6. The van der Waals surface area contributed by atoms with Crippen LogP contribution in [0.3, 0.4) is 0 Å². The lowest BCUT2D eigenvalue weighted by Crippen LogP contribution is -1.98. The lowest BCUT2D eigenvalue weighted by Gasteiger charge is -2.06. The first-order chi connectivity index (χ1) is 12.0. The van der Waals surface area contributed by atoms with E-state index in [2.05, 4.69) is 42.9 Å². The lowest BCUT2D eigenvalue weighted by atomic mass is 10.0. The topological polar surface area (TPSA) is 52.1 Å². The number of hydrogen-bond donors (Lipinski definition) is 0. The van der Waals surface area contributed by atoms with Crippen LogP contribution in [0.5, 0.6) is 0 Å². The zero-order valence-corrected chi connectivity index (χ0v) is 15.2. The van der Waals surface area contributed by atoms with Crippen molar-refractivity contribution in [3.05, 3.63) is 58.8 Å². The molecule has 2 heterocycles. The van der Waals surface area contributed by atoms with Crippen LogP contribution in [0.25, 0.3) is 22.2 Å². The molecule has 0 radical (unpaired) electrons. The smallest absolute Gasteiger partial charge is 0.198 e. The third-order valence-electron chi connectivity index (χ3n) is 4.29. The van der Waals surface area contributed by atoms with Gasteiger partial charge >= 0.3 is 0 Å². The second-order valence-electron chi connectivity index (χ2n) is 6.78. The summed E-state index contributed by atoms with van der Waals surface area (Å²) >= 11 is 6.01. The molecule has 0 aliphatic rings. The third-order valence-corrected chi connectivity index (χ3v) is 4.53. The van der Waals surface area contributed by atoms with Crippen molar-refractivity contribution < 1.29 is 8.83 Å². The highest BCUT2D eigenvalue weighted by atomic mass is 35.5. The summed E-state index contributed by atoms with van der Waals surface area (Å²) in [5, 5.41) is 0.652. The van der Waals surface area contributed by atoms with Crippen LogP contribution in [-0.4, -0.2) is 9.97 Å². The Bertz CT molecular complexity index is 1050. The van der Waals surface area contributed by atoms with Crippen LogP contribution in [-0.2, 0) is 6.42 Å². The first-order valence-electron chi connectivity index (χ1n) is 8.45. The predicted molar refractivity (Wildman–Crippen MR) is 99.2 cm³/mol. The van der Waals surface area contributed by atoms with Gasteiger partial charge in [-0.15, -0.1) is 0 Å². The SMILES string of the molecule is CC(C)c1nc2ccc(CC(C)c3nc4ccc(Cl)cc4o3)cc2o1. The van der Waals surface area contributed by atoms with Crippen molar-refractivity contribution in [2.75, 3.05) is 0 Å². The number of halogens is 1. The number of hydrogen-bond acceptors (Lipinski definition) is 4. The molecule has 0 aliphatic carbocycles. The van der Waals surface area contributed by atoms with Crippen LogP contribution in [0, 0.1) is 0 Å². The highest BCUT2D eigenvalue weighted by Gasteiger charge is 2.16. The molecule has 0 fully saturated rings. The summed E-state index contributed by atoms with van der Waals surface area (Å²) in [4.78, 5) is 9.10. The largest absolute Gasteiger partial charge is 0.440 e. The molecule has 0 amide bonds. The van der Waals surface area contributed by atoms with Crippen LogP contribution < -0.4 is 0 Å². The fourth-order valence-corrected chi connectivity index (χ4v) is 3.09. The molecule has 4 aromatic rings. The molecule has 2 aromatic heterocycles. The summed E-state index contributed by atoms with van der Waals surface area (Å²) in [7, 11) is 0. The fraction of sp³-hybridized carbons (Fsp3) is 0.300. The number of nitrogens with zero attached hydrogens (tertiary/aromatic N) is 2. The van der Waals surface area contributed by atoms with Gasteiger partial charge < -0.3 is 8.83 Å². The van der Waals surface area contributed by atoms with Crippen LogP contribution in [0.15, 0.2) is 45.2 Å². The Morgan fingerprint density at radius 3 is 2.28 bits per heavy atom. The summed E-state index contributed by atoms with van der Waals surface area (Å²) < 4.78 is 11.7. The molecule has 4 rings (SSSR count). The Morgan fingerprint density at radius 2 is 1.52 bits per heavy atom. The minimum atomic E-state index is 0.149. The average Bonchev–Trinajstić information content (AvgIpc) is 3.17. The molecular weight excluding hydrogens is 336 g/mol. The van der Waals surface area contributed by atoms with Gasteiger partial charge in [-0.25, -0.2) is 9.97 Å². The van der Waals surface area contributed by atoms with E-state index in [9.17, 15) is 0 Å². The van der Waals surface area contributed by atoms with E-state index >= 15 is 0 Å². The highest BCUT2D eigenvalue weighted by Crippen LogP contribution is 2.28. The molecule has 0 saturated carbocycles. The number of aromatic nitrogens is 2. The number of oxazole rings is 2. The van der Waals surface area contributed by atoms with Gasteiger partial charge in [-0.3, -0.25) is 0 Å². The van der Waals surface area contributed by atoms with Gasteiger partial charge in [0.05, 0.1) is 0 Å². The van der Waals surface area contributed by atoms with Crippen LogP contribution in [0.2, 0.25) is 5.02 Å². The first kappa shape index (κ1) is 16.2. The van der Waals surface area contributed by atoms with Gasteiger partial charge in [0.1, 0.15) is 11.0 Å². The van der Waals surface area contributed by atoms with E-state index in [0.717, 1.165) is 40.4 Å². The van der Waals surface area contributed by atoms with Crippen LogP contribution in [0.4, 0.5) is 0 Å². The fourth-order valence-electron chi connectivity index (χ4n) is 2.93. The second kappa shape index (κ2) is 6.19. The Morgan fingerprint density at radius 1 is 0.880 bits per heavy atom. The molecule has 5 heteroatoms. The van der Waals surface area contributed by atoms with Gasteiger partial charge in [0.2, 0.25) is 0 Å². The molecule has 2 aromatic carbocycles. The van der Waals surface area contributed by atoms with Gasteiger partial charge in [-0.1, -0.05) is 38.4 Å². The maximum absolute atomic E-state index is 6.01. The Labute approximate surface area is 150 Å². The highest BCUT2D eigenvalue weighted by molar-refractivity contribution is 6.31. The molecular formula is C20H19ClN2O2. The molecule has 4 nitrogen and oxygen atoms in total. The summed E-state index contributed by atoms with van der Waals surface area (Å²) in [5.41, 5.74) is 4.46. The van der Waals surface area contributed by atoms with Crippen molar-refractivity contribution in [1.29, 1.82) is 0 Å². The Kier molecular flexibility index (Phi) is 4.00. The minimum Gasteiger partial charge on any atom is -0.440 e. The number of benzene rings is 2. The number of fused-ring (bicyclic) bond motifs is 2. The minimum absolute atomic E-state index is 0.149.